The zero-order chi connectivity index (χ0) is 26.0. The van der Waals surface area contributed by atoms with Crippen LogP contribution in [-0.2, 0) is 4.79 Å². The summed E-state index contributed by atoms with van der Waals surface area (Å²) in [5.74, 6) is -1.25. The molecule has 1 aliphatic rings. The lowest BCUT2D eigenvalue weighted by atomic mass is 10.1. The zero-order valence-electron chi connectivity index (χ0n) is 21.3. The molecule has 6 nitrogen and oxygen atoms in total. The highest BCUT2D eigenvalue weighted by molar-refractivity contribution is 6.44. The standard InChI is InChI=1S/C21H18FN3O3.C4H10.C3H8/c22-16-7-4-8-17-18(16)15(13-23-17)19(26)21(28)25-11-9-24(10-12-25)20(27)14-5-2-1-3-6-14;1-4(2)3;1-3-2/h1-8,13,23H,9-12H2;4H,1-3H3;3H2,1-2H3. The number of halogens is 1. The number of Topliss-reactive ketones (excluding diaryl/α,β-unsaturated/α-hetero) is 1. The van der Waals surface area contributed by atoms with E-state index in [0.29, 0.717) is 24.2 Å². The average molecular weight is 482 g/mol. The van der Waals surface area contributed by atoms with Gasteiger partial charge >= 0.3 is 0 Å². The molecule has 1 aromatic heterocycles. The molecule has 0 bridgehead atoms. The third-order valence-electron chi connectivity index (χ3n) is 4.97. The fourth-order valence-electron chi connectivity index (χ4n) is 3.45. The van der Waals surface area contributed by atoms with E-state index >= 15 is 0 Å². The monoisotopic (exact) mass is 481 g/mol. The van der Waals surface area contributed by atoms with Crippen LogP contribution in [-0.4, -0.2) is 58.6 Å². The number of amides is 2. The van der Waals surface area contributed by atoms with Gasteiger partial charge in [-0.15, -0.1) is 0 Å². The number of hydrogen-bond donors (Lipinski definition) is 1. The van der Waals surface area contributed by atoms with Gasteiger partial charge in [-0.1, -0.05) is 65.3 Å². The van der Waals surface area contributed by atoms with Crippen LogP contribution in [0, 0.1) is 11.7 Å². The Morgan fingerprint density at radius 1 is 0.886 bits per heavy atom. The molecule has 188 valence electrons. The van der Waals surface area contributed by atoms with Crippen molar-refractivity contribution >= 4 is 28.5 Å². The second-order valence-electron chi connectivity index (χ2n) is 9.08. The molecule has 1 aliphatic heterocycles. The predicted molar refractivity (Wildman–Crippen MR) is 138 cm³/mol. The summed E-state index contributed by atoms with van der Waals surface area (Å²) < 4.78 is 14.1. The number of nitrogens with one attached hydrogen (secondary N) is 1. The van der Waals surface area contributed by atoms with Gasteiger partial charge in [0.1, 0.15) is 5.82 Å². The van der Waals surface area contributed by atoms with Gasteiger partial charge in [-0.3, -0.25) is 14.4 Å². The molecule has 0 aliphatic carbocycles. The second-order valence-corrected chi connectivity index (χ2v) is 9.08. The van der Waals surface area contributed by atoms with E-state index in [2.05, 4.69) is 39.6 Å². The minimum Gasteiger partial charge on any atom is -0.360 e. The van der Waals surface area contributed by atoms with Gasteiger partial charge in [-0.2, -0.15) is 0 Å². The minimum absolute atomic E-state index is 0.0286. The van der Waals surface area contributed by atoms with Crippen molar-refractivity contribution in [2.24, 2.45) is 5.92 Å². The Hall–Kier alpha value is -3.48. The molecule has 0 unspecified atom stereocenters. The first-order valence-electron chi connectivity index (χ1n) is 12.1. The van der Waals surface area contributed by atoms with E-state index < -0.39 is 17.5 Å². The maximum absolute atomic E-state index is 14.1. The van der Waals surface area contributed by atoms with E-state index in [1.165, 1.54) is 29.7 Å². The summed E-state index contributed by atoms with van der Waals surface area (Å²) in [7, 11) is 0. The quantitative estimate of drug-likeness (QED) is 0.394. The van der Waals surface area contributed by atoms with Gasteiger partial charge in [-0.05, 0) is 30.2 Å². The van der Waals surface area contributed by atoms with Crippen LogP contribution in [0.25, 0.3) is 10.9 Å². The van der Waals surface area contributed by atoms with Crippen LogP contribution in [0.3, 0.4) is 0 Å². The molecule has 4 rings (SSSR count). The topological polar surface area (TPSA) is 73.5 Å². The summed E-state index contributed by atoms with van der Waals surface area (Å²) >= 11 is 0. The number of carbonyl (C=O) groups is 3. The van der Waals surface area contributed by atoms with Crippen LogP contribution >= 0.6 is 0 Å². The number of nitrogens with zero attached hydrogens (tertiary/aromatic N) is 2. The molecule has 1 fully saturated rings. The van der Waals surface area contributed by atoms with E-state index in [-0.39, 0.29) is 29.9 Å². The van der Waals surface area contributed by atoms with E-state index in [4.69, 9.17) is 0 Å². The van der Waals surface area contributed by atoms with Gasteiger partial charge in [0, 0.05) is 48.8 Å². The summed E-state index contributed by atoms with van der Waals surface area (Å²) in [6.45, 7) is 12.0. The Balaban J connectivity index is 0.000000551. The van der Waals surface area contributed by atoms with Crippen molar-refractivity contribution in [2.75, 3.05) is 26.2 Å². The van der Waals surface area contributed by atoms with Crippen LogP contribution in [0.1, 0.15) is 61.8 Å². The van der Waals surface area contributed by atoms with E-state index in [1.807, 2.05) is 6.07 Å². The Morgan fingerprint density at radius 2 is 1.43 bits per heavy atom. The van der Waals surface area contributed by atoms with Gasteiger partial charge < -0.3 is 14.8 Å². The Bertz CT molecular complexity index is 1110. The molecule has 0 atom stereocenters. The van der Waals surface area contributed by atoms with Crippen molar-refractivity contribution in [1.29, 1.82) is 0 Å². The van der Waals surface area contributed by atoms with Crippen LogP contribution < -0.4 is 0 Å². The molecule has 0 radical (unpaired) electrons. The highest BCUT2D eigenvalue weighted by Gasteiger charge is 2.30. The van der Waals surface area contributed by atoms with Gasteiger partial charge in [0.05, 0.1) is 5.56 Å². The normalized spacial score (nSPS) is 13.0. The lowest BCUT2D eigenvalue weighted by Gasteiger charge is -2.34. The predicted octanol–water partition coefficient (Wildman–Crippen LogP) is 5.55. The van der Waals surface area contributed by atoms with E-state index in [9.17, 15) is 18.8 Å². The third kappa shape index (κ3) is 7.50. The number of piperazine rings is 1. The lowest BCUT2D eigenvalue weighted by molar-refractivity contribution is -0.127. The maximum atomic E-state index is 14.1. The largest absolute Gasteiger partial charge is 0.360 e. The Kier molecular flexibility index (Phi) is 10.6. The number of H-pyrrole nitrogens is 1. The Labute approximate surface area is 207 Å². The summed E-state index contributed by atoms with van der Waals surface area (Å²) in [6, 6.07) is 13.4. The third-order valence-corrected chi connectivity index (χ3v) is 4.97. The summed E-state index contributed by atoms with van der Waals surface area (Å²) in [5, 5.41) is 0.124. The minimum atomic E-state index is -0.751. The number of carbonyl (C=O) groups excluding carboxylic acids is 3. The molecule has 35 heavy (non-hydrogen) atoms. The molecule has 2 amide bonds. The van der Waals surface area contributed by atoms with Crippen molar-refractivity contribution in [3.05, 3.63) is 71.7 Å². The molecule has 0 spiro atoms. The zero-order valence-corrected chi connectivity index (χ0v) is 21.3. The van der Waals surface area contributed by atoms with Crippen LogP contribution in [0.2, 0.25) is 0 Å². The fraction of sp³-hybridized carbons (Fsp3) is 0.393. The number of aromatic nitrogens is 1. The first-order valence-corrected chi connectivity index (χ1v) is 12.1. The molecule has 0 saturated carbocycles. The molecular formula is C28H36FN3O3. The fourth-order valence-corrected chi connectivity index (χ4v) is 3.45. The second kappa shape index (κ2) is 13.4. The molecule has 1 saturated heterocycles. The number of fused-ring (bicyclic) bond motifs is 1. The first kappa shape index (κ1) is 27.8. The summed E-state index contributed by atoms with van der Waals surface area (Å²) in [6.07, 6.45) is 2.61. The molecule has 7 heteroatoms. The number of aromatic amines is 1. The van der Waals surface area contributed by atoms with Gasteiger partial charge in [0.2, 0.25) is 0 Å². The van der Waals surface area contributed by atoms with Crippen molar-refractivity contribution in [3.63, 3.8) is 0 Å². The number of benzene rings is 2. The summed E-state index contributed by atoms with van der Waals surface area (Å²) in [4.78, 5) is 43.7. The van der Waals surface area contributed by atoms with Gasteiger partial charge in [-0.25, -0.2) is 4.39 Å². The first-order chi connectivity index (χ1) is 16.7. The molecular weight excluding hydrogens is 445 g/mol. The van der Waals surface area contributed by atoms with Gasteiger partial charge in [0.25, 0.3) is 17.6 Å². The molecule has 1 N–H and O–H groups in total. The van der Waals surface area contributed by atoms with E-state index in [0.717, 1.165) is 5.92 Å². The molecule has 2 aromatic carbocycles. The summed E-state index contributed by atoms with van der Waals surface area (Å²) in [5.41, 5.74) is 1.09. The average Bonchev–Trinajstić information content (AvgIpc) is 3.29. The van der Waals surface area contributed by atoms with Crippen LogP contribution in [0.5, 0.6) is 0 Å². The van der Waals surface area contributed by atoms with Crippen molar-refractivity contribution in [1.82, 2.24) is 14.8 Å². The Morgan fingerprint density at radius 3 is 2.00 bits per heavy atom. The van der Waals surface area contributed by atoms with Crippen LogP contribution in [0.4, 0.5) is 4.39 Å². The van der Waals surface area contributed by atoms with Crippen molar-refractivity contribution in [3.8, 4) is 0 Å². The number of hydrogen-bond acceptors (Lipinski definition) is 3. The number of ketones is 1. The molecule has 2 heterocycles. The van der Waals surface area contributed by atoms with Crippen molar-refractivity contribution < 1.29 is 18.8 Å². The van der Waals surface area contributed by atoms with Crippen molar-refractivity contribution in [2.45, 2.75) is 41.0 Å². The maximum Gasteiger partial charge on any atom is 0.295 e. The lowest BCUT2D eigenvalue weighted by Crippen LogP contribution is -2.52. The molecule has 3 aromatic rings. The highest BCUT2D eigenvalue weighted by atomic mass is 19.1. The number of rotatable bonds is 3. The smallest absolute Gasteiger partial charge is 0.295 e. The SMILES string of the molecule is CC(C)C.CCC.O=C(C(=O)N1CCN(C(=O)c2ccccc2)CC1)c1c[nH]c2cccc(F)c12. The van der Waals surface area contributed by atoms with Gasteiger partial charge in [0.15, 0.2) is 0 Å². The highest BCUT2D eigenvalue weighted by Crippen LogP contribution is 2.22. The van der Waals surface area contributed by atoms with Crippen LogP contribution in [0.15, 0.2) is 54.7 Å². The van der Waals surface area contributed by atoms with E-state index in [1.54, 1.807) is 35.2 Å².